The van der Waals surface area contributed by atoms with Crippen LogP contribution in [-0.4, -0.2) is 40.8 Å². The molecule has 0 unspecified atom stereocenters. The van der Waals surface area contributed by atoms with Crippen molar-refractivity contribution < 1.29 is 14.0 Å². The molecule has 25 heavy (non-hydrogen) atoms. The standard InChI is InChI=1S/C18H19FN2O2S2/c1-21(10-13-6-4-8-24-13)18(23)15-11-25-16(17(22)20-15)9-12-5-2-3-7-14(12)19/h2-8,15-16H,9-11H2,1H3,(H,20,22)/t15-,16-/m0/s1. The van der Waals surface area contributed by atoms with Gasteiger partial charge in [0, 0.05) is 17.7 Å². The summed E-state index contributed by atoms with van der Waals surface area (Å²) in [5.41, 5.74) is 0.523. The minimum Gasteiger partial charge on any atom is -0.343 e. The van der Waals surface area contributed by atoms with Crippen LogP contribution in [0.5, 0.6) is 0 Å². The number of likely N-dealkylation sites (N-methyl/N-ethyl adjacent to an activating group) is 1. The van der Waals surface area contributed by atoms with Gasteiger partial charge in [-0.2, -0.15) is 0 Å². The van der Waals surface area contributed by atoms with E-state index in [9.17, 15) is 14.0 Å². The Balaban J connectivity index is 1.56. The fraction of sp³-hybridized carbons (Fsp3) is 0.333. The van der Waals surface area contributed by atoms with Crippen LogP contribution in [0, 0.1) is 5.82 Å². The zero-order valence-electron chi connectivity index (χ0n) is 13.8. The van der Waals surface area contributed by atoms with E-state index in [2.05, 4.69) is 5.32 Å². The number of halogens is 1. The molecule has 1 N–H and O–H groups in total. The lowest BCUT2D eigenvalue weighted by Gasteiger charge is -2.30. The van der Waals surface area contributed by atoms with Gasteiger partial charge in [-0.25, -0.2) is 4.39 Å². The molecule has 0 bridgehead atoms. The highest BCUT2D eigenvalue weighted by Gasteiger charge is 2.34. The van der Waals surface area contributed by atoms with Crippen LogP contribution in [-0.2, 0) is 22.6 Å². The Morgan fingerprint density at radius 2 is 2.12 bits per heavy atom. The third-order valence-electron chi connectivity index (χ3n) is 4.08. The van der Waals surface area contributed by atoms with Crippen molar-refractivity contribution in [1.82, 2.24) is 10.2 Å². The minimum atomic E-state index is -0.528. The van der Waals surface area contributed by atoms with E-state index in [1.54, 1.807) is 41.5 Å². The monoisotopic (exact) mass is 378 g/mol. The summed E-state index contributed by atoms with van der Waals surface area (Å²) in [6.07, 6.45) is 0.328. The lowest BCUT2D eigenvalue weighted by Crippen LogP contribution is -2.54. The minimum absolute atomic E-state index is 0.0985. The predicted molar refractivity (Wildman–Crippen MR) is 99.1 cm³/mol. The van der Waals surface area contributed by atoms with E-state index in [1.807, 2.05) is 17.5 Å². The van der Waals surface area contributed by atoms with E-state index in [1.165, 1.54) is 17.8 Å². The maximum Gasteiger partial charge on any atom is 0.246 e. The first kappa shape index (κ1) is 17.9. The molecule has 1 saturated heterocycles. The molecule has 0 aliphatic carbocycles. The summed E-state index contributed by atoms with van der Waals surface area (Å²) in [7, 11) is 1.74. The summed E-state index contributed by atoms with van der Waals surface area (Å²) in [5.74, 6) is -0.107. The van der Waals surface area contributed by atoms with E-state index in [0.717, 1.165) is 4.88 Å². The van der Waals surface area contributed by atoms with E-state index < -0.39 is 6.04 Å². The third kappa shape index (κ3) is 4.41. The van der Waals surface area contributed by atoms with Gasteiger partial charge in [0.05, 0.1) is 11.8 Å². The van der Waals surface area contributed by atoms with Gasteiger partial charge in [0.2, 0.25) is 11.8 Å². The molecular formula is C18H19FN2O2S2. The number of thioether (sulfide) groups is 1. The first-order chi connectivity index (χ1) is 12.0. The number of hydrogen-bond donors (Lipinski definition) is 1. The van der Waals surface area contributed by atoms with Crippen molar-refractivity contribution >= 4 is 34.9 Å². The van der Waals surface area contributed by atoms with Crippen molar-refractivity contribution in [3.63, 3.8) is 0 Å². The molecule has 132 valence electrons. The molecule has 0 spiro atoms. The van der Waals surface area contributed by atoms with Crippen LogP contribution in [0.1, 0.15) is 10.4 Å². The predicted octanol–water partition coefficient (Wildman–Crippen LogP) is 2.69. The Hall–Kier alpha value is -1.86. The maximum absolute atomic E-state index is 13.8. The Labute approximate surface area is 154 Å². The summed E-state index contributed by atoms with van der Waals surface area (Å²) in [5, 5.41) is 4.40. The number of hydrogen-bond acceptors (Lipinski definition) is 4. The Morgan fingerprint density at radius 1 is 1.32 bits per heavy atom. The molecule has 1 aliphatic rings. The zero-order chi connectivity index (χ0) is 17.8. The fourth-order valence-electron chi connectivity index (χ4n) is 2.72. The molecule has 1 aliphatic heterocycles. The van der Waals surface area contributed by atoms with Gasteiger partial charge in [0.25, 0.3) is 0 Å². The second-order valence-corrected chi connectivity index (χ2v) is 8.22. The number of carbonyl (C=O) groups excluding carboxylic acids is 2. The van der Waals surface area contributed by atoms with E-state index in [0.29, 0.717) is 24.3 Å². The number of amides is 2. The molecule has 3 rings (SSSR count). The quantitative estimate of drug-likeness (QED) is 0.870. The molecule has 2 atom stereocenters. The average Bonchev–Trinajstić information content (AvgIpc) is 3.10. The van der Waals surface area contributed by atoms with Crippen molar-refractivity contribution in [2.75, 3.05) is 12.8 Å². The van der Waals surface area contributed by atoms with Gasteiger partial charge in [-0.3, -0.25) is 9.59 Å². The summed E-state index contributed by atoms with van der Waals surface area (Å²) in [6, 6.07) is 9.87. The lowest BCUT2D eigenvalue weighted by molar-refractivity contribution is -0.135. The normalized spacial score (nSPS) is 20.2. The van der Waals surface area contributed by atoms with E-state index in [-0.39, 0.29) is 22.9 Å². The molecule has 2 heterocycles. The van der Waals surface area contributed by atoms with E-state index in [4.69, 9.17) is 0 Å². The number of carbonyl (C=O) groups is 2. The Kier molecular flexibility index (Phi) is 5.75. The second-order valence-electron chi connectivity index (χ2n) is 5.95. The summed E-state index contributed by atoms with van der Waals surface area (Å²) < 4.78 is 13.8. The van der Waals surface area contributed by atoms with Gasteiger partial charge in [0.1, 0.15) is 11.9 Å². The highest BCUT2D eigenvalue weighted by molar-refractivity contribution is 8.00. The lowest BCUT2D eigenvalue weighted by atomic mass is 10.1. The number of nitrogens with one attached hydrogen (secondary N) is 1. The van der Waals surface area contributed by atoms with Crippen molar-refractivity contribution in [3.8, 4) is 0 Å². The largest absolute Gasteiger partial charge is 0.343 e. The Bertz CT molecular complexity index is 751. The molecule has 0 radical (unpaired) electrons. The van der Waals surface area contributed by atoms with Gasteiger partial charge in [-0.15, -0.1) is 23.1 Å². The molecule has 1 fully saturated rings. The van der Waals surface area contributed by atoms with Gasteiger partial charge in [-0.05, 0) is 29.5 Å². The molecule has 2 aromatic rings. The SMILES string of the molecule is CN(Cc1cccs1)C(=O)[C@@H]1CS[C@@H](Cc2ccccc2F)C(=O)N1. The maximum atomic E-state index is 13.8. The van der Waals surface area contributed by atoms with Crippen LogP contribution in [0.25, 0.3) is 0 Å². The topological polar surface area (TPSA) is 49.4 Å². The Morgan fingerprint density at radius 3 is 2.80 bits per heavy atom. The smallest absolute Gasteiger partial charge is 0.246 e. The number of rotatable bonds is 5. The second kappa shape index (κ2) is 8.01. The van der Waals surface area contributed by atoms with Gasteiger partial charge >= 0.3 is 0 Å². The molecule has 7 heteroatoms. The van der Waals surface area contributed by atoms with Crippen LogP contribution in [0.4, 0.5) is 4.39 Å². The first-order valence-corrected chi connectivity index (χ1v) is 9.90. The number of benzene rings is 1. The number of thiophene rings is 1. The van der Waals surface area contributed by atoms with Crippen molar-refractivity contribution in [3.05, 3.63) is 58.0 Å². The molecule has 1 aromatic heterocycles. The van der Waals surface area contributed by atoms with Crippen molar-refractivity contribution in [1.29, 1.82) is 0 Å². The van der Waals surface area contributed by atoms with Gasteiger partial charge in [0.15, 0.2) is 0 Å². The van der Waals surface area contributed by atoms with Crippen LogP contribution in [0.15, 0.2) is 41.8 Å². The third-order valence-corrected chi connectivity index (χ3v) is 6.25. The number of nitrogens with zero attached hydrogens (tertiary/aromatic N) is 1. The van der Waals surface area contributed by atoms with Crippen molar-refractivity contribution in [2.45, 2.75) is 24.3 Å². The summed E-state index contributed by atoms with van der Waals surface area (Å²) >= 11 is 3.01. The van der Waals surface area contributed by atoms with Crippen LogP contribution in [0.2, 0.25) is 0 Å². The molecular weight excluding hydrogens is 359 g/mol. The van der Waals surface area contributed by atoms with Gasteiger partial charge in [-0.1, -0.05) is 24.3 Å². The first-order valence-electron chi connectivity index (χ1n) is 7.97. The van der Waals surface area contributed by atoms with Crippen molar-refractivity contribution in [2.24, 2.45) is 0 Å². The van der Waals surface area contributed by atoms with Gasteiger partial charge < -0.3 is 10.2 Å². The zero-order valence-corrected chi connectivity index (χ0v) is 15.4. The summed E-state index contributed by atoms with van der Waals surface area (Å²) in [4.78, 5) is 27.6. The van der Waals surface area contributed by atoms with Crippen LogP contribution >= 0.6 is 23.1 Å². The highest BCUT2D eigenvalue weighted by Crippen LogP contribution is 2.24. The average molecular weight is 378 g/mol. The van der Waals surface area contributed by atoms with Crippen LogP contribution < -0.4 is 5.32 Å². The summed E-state index contributed by atoms with van der Waals surface area (Å²) in [6.45, 7) is 0.534. The molecule has 0 saturated carbocycles. The van der Waals surface area contributed by atoms with E-state index >= 15 is 0 Å². The fourth-order valence-corrected chi connectivity index (χ4v) is 4.65. The molecule has 4 nitrogen and oxygen atoms in total. The molecule has 1 aromatic carbocycles. The highest BCUT2D eigenvalue weighted by atomic mass is 32.2. The molecule has 2 amide bonds. The van der Waals surface area contributed by atoms with Crippen LogP contribution in [0.3, 0.4) is 0 Å².